The molecule has 0 aromatic heterocycles. The SMILES string of the molecule is CCCCCCCC/C=C\CCCCCCCCCC(=O)OCCCCCCCCCCCCCCCCCC/C=C\CCCCCCCCCCCCCCCCCCCC(=O)NC(CO)C(O)/C=C/CCCCCCCCCCCCCCCC. The lowest BCUT2D eigenvalue weighted by atomic mass is 10.0. The summed E-state index contributed by atoms with van der Waals surface area (Å²) in [5, 5.41) is 23.2. The molecule has 0 aliphatic heterocycles. The lowest BCUT2D eigenvalue weighted by Crippen LogP contribution is -2.45. The van der Waals surface area contributed by atoms with E-state index in [0.717, 1.165) is 44.9 Å². The van der Waals surface area contributed by atoms with Gasteiger partial charge < -0.3 is 20.3 Å². The third-order valence-electron chi connectivity index (χ3n) is 18.6. The normalized spacial score (nSPS) is 12.6. The van der Waals surface area contributed by atoms with Crippen molar-refractivity contribution in [3.05, 3.63) is 36.5 Å². The maximum atomic E-state index is 12.5. The summed E-state index contributed by atoms with van der Waals surface area (Å²) in [5.74, 6) is -0.0423. The van der Waals surface area contributed by atoms with Crippen molar-refractivity contribution >= 4 is 11.9 Å². The lowest BCUT2D eigenvalue weighted by molar-refractivity contribution is -0.143. The van der Waals surface area contributed by atoms with E-state index in [9.17, 15) is 19.8 Å². The van der Waals surface area contributed by atoms with Gasteiger partial charge in [-0.05, 0) is 83.5 Å². The number of rotatable bonds is 75. The van der Waals surface area contributed by atoms with E-state index in [1.807, 2.05) is 6.08 Å². The van der Waals surface area contributed by atoms with Crippen molar-refractivity contribution in [2.75, 3.05) is 13.2 Å². The fraction of sp³-hybridized carbons (Fsp3) is 0.901. The van der Waals surface area contributed by atoms with Gasteiger partial charge in [-0.25, -0.2) is 0 Å². The molecule has 0 heterocycles. The molecule has 0 saturated heterocycles. The monoisotopic (exact) mass is 1220 g/mol. The Bertz CT molecular complexity index is 1410. The van der Waals surface area contributed by atoms with Gasteiger partial charge in [-0.3, -0.25) is 9.59 Å². The highest BCUT2D eigenvalue weighted by Gasteiger charge is 2.18. The number of ether oxygens (including phenoxy) is 1. The summed E-state index contributed by atoms with van der Waals surface area (Å²) in [7, 11) is 0. The number of esters is 1. The quantitative estimate of drug-likeness (QED) is 0.0320. The van der Waals surface area contributed by atoms with Crippen molar-refractivity contribution in [2.24, 2.45) is 0 Å². The van der Waals surface area contributed by atoms with E-state index in [4.69, 9.17) is 4.74 Å². The van der Waals surface area contributed by atoms with Gasteiger partial charge in [-0.1, -0.05) is 384 Å². The molecule has 2 atom stereocenters. The highest BCUT2D eigenvalue weighted by Crippen LogP contribution is 2.19. The molecule has 87 heavy (non-hydrogen) atoms. The van der Waals surface area contributed by atoms with Crippen LogP contribution in [0.4, 0.5) is 0 Å². The number of hydrogen-bond acceptors (Lipinski definition) is 5. The second-order valence-corrected chi connectivity index (χ2v) is 27.4. The Balaban J connectivity index is 3.33. The van der Waals surface area contributed by atoms with Crippen molar-refractivity contribution in [1.29, 1.82) is 0 Å². The molecule has 0 radical (unpaired) electrons. The molecule has 6 heteroatoms. The molecule has 0 bridgehead atoms. The van der Waals surface area contributed by atoms with Crippen LogP contribution in [0.5, 0.6) is 0 Å². The van der Waals surface area contributed by atoms with Crippen LogP contribution in [0.2, 0.25) is 0 Å². The zero-order valence-electron chi connectivity index (χ0n) is 59.0. The molecule has 0 aliphatic carbocycles. The molecule has 0 spiro atoms. The minimum Gasteiger partial charge on any atom is -0.466 e. The topological polar surface area (TPSA) is 95.9 Å². The summed E-state index contributed by atoms with van der Waals surface area (Å²) in [4.78, 5) is 24.6. The zero-order chi connectivity index (χ0) is 62.8. The summed E-state index contributed by atoms with van der Waals surface area (Å²) in [6, 6.07) is -0.625. The number of unbranched alkanes of at least 4 members (excludes halogenated alkanes) is 60. The van der Waals surface area contributed by atoms with Gasteiger partial charge in [0.25, 0.3) is 0 Å². The Hall–Kier alpha value is -1.92. The van der Waals surface area contributed by atoms with Crippen LogP contribution in [-0.4, -0.2) is 47.4 Å². The molecule has 1 amide bonds. The van der Waals surface area contributed by atoms with Gasteiger partial charge in [-0.15, -0.1) is 0 Å². The number of hydrogen-bond donors (Lipinski definition) is 3. The number of aliphatic hydroxyl groups excluding tert-OH is 2. The van der Waals surface area contributed by atoms with E-state index >= 15 is 0 Å². The molecular formula is C81H155NO5. The van der Waals surface area contributed by atoms with E-state index in [2.05, 4.69) is 43.5 Å². The second kappa shape index (κ2) is 76.5. The maximum Gasteiger partial charge on any atom is 0.305 e. The van der Waals surface area contributed by atoms with Crippen LogP contribution in [0.25, 0.3) is 0 Å². The molecule has 6 nitrogen and oxygen atoms in total. The number of nitrogens with one attached hydrogen (secondary N) is 1. The molecule has 514 valence electrons. The minimum absolute atomic E-state index is 0.0186. The van der Waals surface area contributed by atoms with Gasteiger partial charge in [0.05, 0.1) is 25.4 Å². The molecular weight excluding hydrogens is 1070 g/mol. The van der Waals surface area contributed by atoms with E-state index in [-0.39, 0.29) is 18.5 Å². The minimum atomic E-state index is -0.842. The third-order valence-corrected chi connectivity index (χ3v) is 18.6. The zero-order valence-corrected chi connectivity index (χ0v) is 59.0. The Morgan fingerprint density at radius 2 is 0.540 bits per heavy atom. The first-order valence-corrected chi connectivity index (χ1v) is 39.8. The van der Waals surface area contributed by atoms with Crippen LogP contribution in [0.15, 0.2) is 36.5 Å². The van der Waals surface area contributed by atoms with E-state index in [0.29, 0.717) is 19.4 Å². The maximum absolute atomic E-state index is 12.5. The van der Waals surface area contributed by atoms with Crippen molar-refractivity contribution in [1.82, 2.24) is 5.32 Å². The van der Waals surface area contributed by atoms with E-state index in [1.165, 1.54) is 372 Å². The summed E-state index contributed by atoms with van der Waals surface area (Å²) < 4.78 is 5.51. The van der Waals surface area contributed by atoms with Gasteiger partial charge in [0.15, 0.2) is 0 Å². The van der Waals surface area contributed by atoms with Crippen LogP contribution in [0.3, 0.4) is 0 Å². The molecule has 0 rings (SSSR count). The van der Waals surface area contributed by atoms with Crippen LogP contribution in [-0.2, 0) is 14.3 Å². The van der Waals surface area contributed by atoms with Crippen LogP contribution in [0, 0.1) is 0 Å². The van der Waals surface area contributed by atoms with Crippen LogP contribution in [0.1, 0.15) is 444 Å². The lowest BCUT2D eigenvalue weighted by Gasteiger charge is -2.20. The van der Waals surface area contributed by atoms with Crippen LogP contribution >= 0.6 is 0 Å². The van der Waals surface area contributed by atoms with Gasteiger partial charge in [0.1, 0.15) is 0 Å². The summed E-state index contributed by atoms with van der Waals surface area (Å²) in [6.07, 6.45) is 99.9. The van der Waals surface area contributed by atoms with E-state index < -0.39 is 12.1 Å². The summed E-state index contributed by atoms with van der Waals surface area (Å²) >= 11 is 0. The first-order valence-electron chi connectivity index (χ1n) is 39.8. The number of allylic oxidation sites excluding steroid dienone is 5. The van der Waals surface area contributed by atoms with Gasteiger partial charge in [0, 0.05) is 12.8 Å². The smallest absolute Gasteiger partial charge is 0.305 e. The average molecular weight is 1220 g/mol. The molecule has 0 aromatic rings. The van der Waals surface area contributed by atoms with Crippen molar-refractivity contribution in [3.8, 4) is 0 Å². The molecule has 0 saturated carbocycles. The Morgan fingerprint density at radius 1 is 0.310 bits per heavy atom. The van der Waals surface area contributed by atoms with E-state index in [1.54, 1.807) is 6.08 Å². The molecule has 2 unspecified atom stereocenters. The van der Waals surface area contributed by atoms with Crippen molar-refractivity contribution < 1.29 is 24.5 Å². The molecule has 3 N–H and O–H groups in total. The fourth-order valence-electron chi connectivity index (χ4n) is 12.6. The van der Waals surface area contributed by atoms with Crippen molar-refractivity contribution in [3.63, 3.8) is 0 Å². The highest BCUT2D eigenvalue weighted by atomic mass is 16.5. The average Bonchev–Trinajstić information content (AvgIpc) is 3.52. The Morgan fingerprint density at radius 3 is 0.816 bits per heavy atom. The molecule has 0 aliphatic rings. The van der Waals surface area contributed by atoms with Crippen molar-refractivity contribution in [2.45, 2.75) is 456 Å². The first kappa shape index (κ1) is 85.1. The van der Waals surface area contributed by atoms with Gasteiger partial charge >= 0.3 is 5.97 Å². The summed E-state index contributed by atoms with van der Waals surface area (Å²) in [6.45, 7) is 4.94. The first-order chi connectivity index (χ1) is 43.0. The number of carbonyl (C=O) groups is 2. The molecule has 0 aromatic carbocycles. The number of amides is 1. The summed E-state index contributed by atoms with van der Waals surface area (Å²) in [5.41, 5.74) is 0. The largest absolute Gasteiger partial charge is 0.466 e. The Labute approximate surface area is 544 Å². The van der Waals surface area contributed by atoms with Crippen LogP contribution < -0.4 is 5.32 Å². The Kier molecular flexibility index (Phi) is 74.8. The predicted octanol–water partition coefficient (Wildman–Crippen LogP) is 26.2. The standard InChI is InChI=1S/C81H155NO5/c1-3-5-7-9-11-13-15-17-19-42-47-51-55-59-63-67-71-75-81(86)87-76-72-68-64-60-56-52-48-44-41-39-37-35-33-31-29-27-25-23-21-22-24-26-28-30-32-34-36-38-40-43-46-50-54-58-62-66-70-74-80(85)82-78(77-83)79(84)73-69-65-61-57-53-49-45-20-18-16-14-12-10-8-6-4-2/h17,19,21,23,69,73,78-79,83-84H,3-16,18,20,22,24-68,70-72,74-77H2,1-2H3,(H,82,85)/b19-17-,23-21-,73-69+. The fourth-order valence-corrected chi connectivity index (χ4v) is 12.6. The predicted molar refractivity (Wildman–Crippen MR) is 384 cm³/mol. The highest BCUT2D eigenvalue weighted by molar-refractivity contribution is 5.76. The number of carbonyl (C=O) groups excluding carboxylic acids is 2. The van der Waals surface area contributed by atoms with Gasteiger partial charge in [0.2, 0.25) is 5.91 Å². The second-order valence-electron chi connectivity index (χ2n) is 27.4. The number of aliphatic hydroxyl groups is 2. The van der Waals surface area contributed by atoms with Gasteiger partial charge in [-0.2, -0.15) is 0 Å². The third kappa shape index (κ3) is 73.0. The molecule has 0 fully saturated rings.